The van der Waals surface area contributed by atoms with Crippen LogP contribution in [0.5, 0.6) is 0 Å². The average Bonchev–Trinajstić information content (AvgIpc) is 3.39. The number of fused-ring (bicyclic) bond motifs is 1. The zero-order valence-electron chi connectivity index (χ0n) is 22.4. The highest BCUT2D eigenvalue weighted by Gasteiger charge is 2.25. The topological polar surface area (TPSA) is 94.6 Å². The monoisotopic (exact) mass is 530 g/mol. The molecule has 1 atom stereocenters. The Balaban J connectivity index is 1.30. The third-order valence-electron chi connectivity index (χ3n) is 7.39. The SMILES string of the molecule is Cn1c(=O)c2c(ncn2CC(CN2CCN(CCc3ccccc3)CC2)OC(=O)c2ccccc2)n(C)c1=O. The molecule has 4 aromatic rings. The molecule has 1 fully saturated rings. The Morgan fingerprint density at radius 3 is 2.21 bits per heavy atom. The van der Waals surface area contributed by atoms with Crippen molar-refractivity contribution in [1.82, 2.24) is 28.5 Å². The van der Waals surface area contributed by atoms with Crippen LogP contribution in [0.2, 0.25) is 0 Å². The highest BCUT2D eigenvalue weighted by molar-refractivity contribution is 5.89. The predicted octanol–water partition coefficient (Wildman–Crippen LogP) is 1.52. The summed E-state index contributed by atoms with van der Waals surface area (Å²) in [6.45, 7) is 5.36. The Bertz CT molecular complexity index is 1540. The van der Waals surface area contributed by atoms with Gasteiger partial charge >= 0.3 is 11.7 Å². The number of esters is 1. The van der Waals surface area contributed by atoms with Crippen LogP contribution >= 0.6 is 0 Å². The van der Waals surface area contributed by atoms with Gasteiger partial charge in [-0.1, -0.05) is 48.5 Å². The molecular weight excluding hydrogens is 496 g/mol. The van der Waals surface area contributed by atoms with E-state index in [-0.39, 0.29) is 6.54 Å². The highest BCUT2D eigenvalue weighted by atomic mass is 16.5. The van der Waals surface area contributed by atoms with Crippen molar-refractivity contribution in [2.45, 2.75) is 19.1 Å². The number of rotatable bonds is 9. The van der Waals surface area contributed by atoms with Gasteiger partial charge in [-0.05, 0) is 24.1 Å². The van der Waals surface area contributed by atoms with Crippen LogP contribution in [-0.4, -0.2) is 79.8 Å². The molecule has 0 amide bonds. The molecule has 2 aromatic carbocycles. The minimum Gasteiger partial charge on any atom is -0.456 e. The molecule has 1 unspecified atom stereocenters. The number of piperazine rings is 1. The zero-order chi connectivity index (χ0) is 27.4. The summed E-state index contributed by atoms with van der Waals surface area (Å²) in [5, 5.41) is 0. The largest absolute Gasteiger partial charge is 0.456 e. The first kappa shape index (κ1) is 26.6. The lowest BCUT2D eigenvalue weighted by Crippen LogP contribution is -2.50. The van der Waals surface area contributed by atoms with Gasteiger partial charge in [0.05, 0.1) is 18.4 Å². The average molecular weight is 531 g/mol. The predicted molar refractivity (Wildman–Crippen MR) is 149 cm³/mol. The van der Waals surface area contributed by atoms with Crippen molar-refractivity contribution in [1.29, 1.82) is 0 Å². The van der Waals surface area contributed by atoms with Crippen molar-refractivity contribution in [3.63, 3.8) is 0 Å². The minimum absolute atomic E-state index is 0.247. The van der Waals surface area contributed by atoms with Gasteiger partial charge in [0.15, 0.2) is 11.2 Å². The molecule has 1 aliphatic rings. The Morgan fingerprint density at radius 1 is 0.872 bits per heavy atom. The lowest BCUT2D eigenvalue weighted by atomic mass is 10.1. The number of nitrogens with zero attached hydrogens (tertiary/aromatic N) is 6. The number of aryl methyl sites for hydroxylation is 1. The van der Waals surface area contributed by atoms with Crippen LogP contribution in [-0.2, 0) is 31.8 Å². The second-order valence-electron chi connectivity index (χ2n) is 10.0. The van der Waals surface area contributed by atoms with E-state index < -0.39 is 23.3 Å². The van der Waals surface area contributed by atoms with Gasteiger partial charge < -0.3 is 14.2 Å². The second-order valence-corrected chi connectivity index (χ2v) is 10.0. The van der Waals surface area contributed by atoms with E-state index in [0.717, 1.165) is 43.7 Å². The Hall–Kier alpha value is -4.02. The van der Waals surface area contributed by atoms with Crippen molar-refractivity contribution in [3.05, 3.63) is 99.0 Å². The van der Waals surface area contributed by atoms with Gasteiger partial charge in [0, 0.05) is 53.4 Å². The molecule has 10 nitrogen and oxygen atoms in total. The van der Waals surface area contributed by atoms with E-state index in [4.69, 9.17) is 4.74 Å². The lowest BCUT2D eigenvalue weighted by Gasteiger charge is -2.36. The van der Waals surface area contributed by atoms with Gasteiger partial charge in [-0.25, -0.2) is 14.6 Å². The number of benzene rings is 2. The summed E-state index contributed by atoms with van der Waals surface area (Å²) >= 11 is 0. The minimum atomic E-state index is -0.520. The highest BCUT2D eigenvalue weighted by Crippen LogP contribution is 2.13. The summed E-state index contributed by atoms with van der Waals surface area (Å²) < 4.78 is 10.1. The molecule has 0 radical (unpaired) electrons. The van der Waals surface area contributed by atoms with Gasteiger partial charge in [-0.15, -0.1) is 0 Å². The molecule has 0 bridgehead atoms. The lowest BCUT2D eigenvalue weighted by molar-refractivity contribution is 0.00971. The Morgan fingerprint density at radius 2 is 1.51 bits per heavy atom. The molecule has 10 heteroatoms. The number of imidazole rings is 1. The molecule has 2 aromatic heterocycles. The van der Waals surface area contributed by atoms with Gasteiger partial charge in [-0.3, -0.25) is 18.8 Å². The molecule has 0 saturated carbocycles. The number of aromatic nitrogens is 4. The van der Waals surface area contributed by atoms with Crippen molar-refractivity contribution in [2.24, 2.45) is 14.1 Å². The van der Waals surface area contributed by atoms with Gasteiger partial charge in [-0.2, -0.15) is 0 Å². The maximum atomic E-state index is 13.0. The molecule has 3 heterocycles. The molecule has 39 heavy (non-hydrogen) atoms. The van der Waals surface area contributed by atoms with E-state index in [2.05, 4.69) is 39.0 Å². The standard InChI is InChI=1S/C29H34N6O4/c1-31-26-25(27(36)32(2)29(31)38)35(21-30-26)20-24(39-28(37)23-11-7-4-8-12-23)19-34-17-15-33(16-18-34)14-13-22-9-5-3-6-10-22/h3-12,21,24H,13-20H2,1-2H3. The fourth-order valence-electron chi connectivity index (χ4n) is 5.10. The van der Waals surface area contributed by atoms with Crippen LogP contribution < -0.4 is 11.2 Å². The normalized spacial score (nSPS) is 15.4. The third-order valence-corrected chi connectivity index (χ3v) is 7.39. The van der Waals surface area contributed by atoms with Crippen LogP contribution in [0.3, 0.4) is 0 Å². The van der Waals surface area contributed by atoms with Crippen molar-refractivity contribution in [3.8, 4) is 0 Å². The van der Waals surface area contributed by atoms with Crippen LogP contribution in [0.1, 0.15) is 15.9 Å². The molecule has 1 saturated heterocycles. The van der Waals surface area contributed by atoms with E-state index in [9.17, 15) is 14.4 Å². The summed E-state index contributed by atoms with van der Waals surface area (Å²) in [6, 6.07) is 19.4. The summed E-state index contributed by atoms with van der Waals surface area (Å²) in [7, 11) is 3.04. The van der Waals surface area contributed by atoms with E-state index in [1.54, 1.807) is 35.9 Å². The summed E-state index contributed by atoms with van der Waals surface area (Å²) in [4.78, 5) is 47.4. The number of hydrogen-bond donors (Lipinski definition) is 0. The first-order valence-electron chi connectivity index (χ1n) is 13.3. The second kappa shape index (κ2) is 11.8. The first-order chi connectivity index (χ1) is 18.9. The third kappa shape index (κ3) is 6.02. The van der Waals surface area contributed by atoms with Gasteiger partial charge in [0.2, 0.25) is 0 Å². The van der Waals surface area contributed by atoms with Crippen LogP contribution in [0.4, 0.5) is 0 Å². The van der Waals surface area contributed by atoms with Crippen molar-refractivity contribution < 1.29 is 9.53 Å². The number of carbonyl (C=O) groups is 1. The maximum Gasteiger partial charge on any atom is 0.338 e. The van der Waals surface area contributed by atoms with Crippen LogP contribution in [0, 0.1) is 0 Å². The Kier molecular flexibility index (Phi) is 8.04. The zero-order valence-corrected chi connectivity index (χ0v) is 22.4. The van der Waals surface area contributed by atoms with E-state index in [1.165, 1.54) is 23.5 Å². The molecule has 0 N–H and O–H groups in total. The molecule has 5 rings (SSSR count). The number of carbonyl (C=O) groups excluding carboxylic acids is 1. The molecule has 0 spiro atoms. The first-order valence-corrected chi connectivity index (χ1v) is 13.3. The summed E-state index contributed by atoms with van der Waals surface area (Å²) in [5.74, 6) is -0.410. The fourth-order valence-corrected chi connectivity index (χ4v) is 5.10. The van der Waals surface area contributed by atoms with E-state index in [1.807, 2.05) is 12.1 Å². The molecule has 0 aliphatic carbocycles. The Labute approximate surface area is 226 Å². The smallest absolute Gasteiger partial charge is 0.338 e. The van der Waals surface area contributed by atoms with E-state index in [0.29, 0.717) is 23.3 Å². The maximum absolute atomic E-state index is 13.0. The molecule has 204 valence electrons. The van der Waals surface area contributed by atoms with Crippen LogP contribution in [0.15, 0.2) is 76.6 Å². The molecule has 1 aliphatic heterocycles. The summed E-state index contributed by atoms with van der Waals surface area (Å²) in [6.07, 6.45) is 2.03. The molecular formula is C29H34N6O4. The number of hydrogen-bond acceptors (Lipinski definition) is 7. The van der Waals surface area contributed by atoms with Gasteiger partial charge in [0.1, 0.15) is 6.10 Å². The van der Waals surface area contributed by atoms with Gasteiger partial charge in [0.25, 0.3) is 5.56 Å². The van der Waals surface area contributed by atoms with Crippen LogP contribution in [0.25, 0.3) is 11.2 Å². The number of ether oxygens (including phenoxy) is 1. The fraction of sp³-hybridized carbons (Fsp3) is 0.379. The summed E-state index contributed by atoms with van der Waals surface area (Å²) in [5.41, 5.74) is 1.57. The quantitative estimate of drug-likeness (QED) is 0.303. The van der Waals surface area contributed by atoms with Crippen molar-refractivity contribution in [2.75, 3.05) is 39.3 Å². The van der Waals surface area contributed by atoms with Crippen molar-refractivity contribution >= 4 is 17.1 Å². The van der Waals surface area contributed by atoms with E-state index >= 15 is 0 Å².